The van der Waals surface area contributed by atoms with Crippen molar-refractivity contribution in [3.63, 3.8) is 0 Å². The molecule has 0 saturated heterocycles. The highest BCUT2D eigenvalue weighted by atomic mass is 35.5. The highest BCUT2D eigenvalue weighted by Gasteiger charge is 2.16. The lowest BCUT2D eigenvalue weighted by Crippen LogP contribution is -2.23. The Balaban J connectivity index is 1.62. The van der Waals surface area contributed by atoms with Gasteiger partial charge in [0.15, 0.2) is 0 Å². The van der Waals surface area contributed by atoms with E-state index in [0.717, 1.165) is 22.6 Å². The Hall–Kier alpha value is -2.11. The molecule has 0 aliphatic heterocycles. The van der Waals surface area contributed by atoms with Crippen LogP contribution in [0.2, 0.25) is 10.0 Å². The fourth-order valence-corrected chi connectivity index (χ4v) is 4.11. The van der Waals surface area contributed by atoms with Crippen molar-refractivity contribution in [1.29, 1.82) is 0 Å². The van der Waals surface area contributed by atoms with Gasteiger partial charge >= 0.3 is 0 Å². The van der Waals surface area contributed by atoms with Crippen LogP contribution in [0.5, 0.6) is 0 Å². The minimum Gasteiger partial charge on any atom is -0.351 e. The Bertz CT molecular complexity index is 927. The summed E-state index contributed by atoms with van der Waals surface area (Å²) in [6, 6.07) is 7.76. The predicted molar refractivity (Wildman–Crippen MR) is 110 cm³/mol. The molecule has 0 radical (unpaired) electrons. The average Bonchev–Trinajstić information content (AvgIpc) is 3.03. The van der Waals surface area contributed by atoms with Gasteiger partial charge in [0.25, 0.3) is 0 Å². The standard InChI is InChI=1S/C20H21Cl2N5/c1-13-18(12-24-27(13)17-10-14(21)9-15(22)11-17)19-7-8-23-20(26-19)25-16-5-3-2-4-6-16/h7-12,16H,2-6H2,1H3,(H,23,25,26). The van der Waals surface area contributed by atoms with Crippen LogP contribution in [0.3, 0.4) is 0 Å². The Morgan fingerprint density at radius 1 is 1.07 bits per heavy atom. The second-order valence-electron chi connectivity index (χ2n) is 6.93. The van der Waals surface area contributed by atoms with Crippen molar-refractivity contribution in [1.82, 2.24) is 19.7 Å². The first-order valence-corrected chi connectivity index (χ1v) is 9.97. The smallest absolute Gasteiger partial charge is 0.223 e. The molecule has 1 aliphatic carbocycles. The number of nitrogens with one attached hydrogen (secondary N) is 1. The largest absolute Gasteiger partial charge is 0.351 e. The van der Waals surface area contributed by atoms with Crippen LogP contribution in [-0.4, -0.2) is 25.8 Å². The molecule has 0 bridgehead atoms. The summed E-state index contributed by atoms with van der Waals surface area (Å²) in [7, 11) is 0. The van der Waals surface area contributed by atoms with Crippen LogP contribution in [0, 0.1) is 6.92 Å². The quantitative estimate of drug-likeness (QED) is 0.609. The molecule has 27 heavy (non-hydrogen) atoms. The summed E-state index contributed by atoms with van der Waals surface area (Å²) < 4.78 is 1.82. The maximum atomic E-state index is 6.14. The SMILES string of the molecule is Cc1c(-c2ccnc(NC3CCCCC3)n2)cnn1-c1cc(Cl)cc(Cl)c1. The van der Waals surface area contributed by atoms with Crippen molar-refractivity contribution in [3.05, 3.63) is 52.4 Å². The summed E-state index contributed by atoms with van der Waals surface area (Å²) in [5, 5.41) is 9.15. The fourth-order valence-electron chi connectivity index (χ4n) is 3.59. The number of nitrogens with zero attached hydrogens (tertiary/aromatic N) is 4. The van der Waals surface area contributed by atoms with Gasteiger partial charge in [-0.05, 0) is 44.0 Å². The third-order valence-corrected chi connectivity index (χ3v) is 5.41. The molecule has 0 amide bonds. The number of hydrogen-bond acceptors (Lipinski definition) is 4. The predicted octanol–water partition coefficient (Wildman–Crippen LogP) is 5.69. The van der Waals surface area contributed by atoms with Gasteiger partial charge in [0, 0.05) is 27.8 Å². The summed E-state index contributed by atoms with van der Waals surface area (Å²) >= 11 is 12.3. The van der Waals surface area contributed by atoms with Crippen molar-refractivity contribution in [2.24, 2.45) is 0 Å². The number of hydrogen-bond donors (Lipinski definition) is 1. The molecular weight excluding hydrogens is 381 g/mol. The van der Waals surface area contributed by atoms with Gasteiger partial charge in [0.05, 0.1) is 23.3 Å². The van der Waals surface area contributed by atoms with Crippen molar-refractivity contribution in [3.8, 4) is 16.9 Å². The summed E-state index contributed by atoms with van der Waals surface area (Å²) in [6.45, 7) is 2.01. The van der Waals surface area contributed by atoms with Gasteiger partial charge in [0.1, 0.15) is 0 Å². The lowest BCUT2D eigenvalue weighted by atomic mass is 9.96. The van der Waals surface area contributed by atoms with Gasteiger partial charge in [-0.3, -0.25) is 0 Å². The fraction of sp³-hybridized carbons (Fsp3) is 0.350. The molecule has 0 spiro atoms. The zero-order valence-electron chi connectivity index (χ0n) is 15.1. The molecule has 1 fully saturated rings. The maximum absolute atomic E-state index is 6.14. The van der Waals surface area contributed by atoms with Gasteiger partial charge in [-0.15, -0.1) is 0 Å². The third-order valence-electron chi connectivity index (χ3n) is 4.97. The minimum absolute atomic E-state index is 0.464. The monoisotopic (exact) mass is 401 g/mol. The van der Waals surface area contributed by atoms with Gasteiger partial charge in [-0.25, -0.2) is 14.6 Å². The second kappa shape index (κ2) is 7.87. The zero-order valence-corrected chi connectivity index (χ0v) is 16.6. The lowest BCUT2D eigenvalue weighted by Gasteiger charge is -2.22. The first-order chi connectivity index (χ1) is 13.1. The number of benzene rings is 1. The Morgan fingerprint density at radius 2 is 1.81 bits per heavy atom. The van der Waals surface area contributed by atoms with Gasteiger partial charge in [-0.1, -0.05) is 42.5 Å². The van der Waals surface area contributed by atoms with E-state index in [-0.39, 0.29) is 0 Å². The van der Waals surface area contributed by atoms with E-state index in [1.54, 1.807) is 12.3 Å². The van der Waals surface area contributed by atoms with E-state index in [0.29, 0.717) is 22.0 Å². The van der Waals surface area contributed by atoms with E-state index in [9.17, 15) is 0 Å². The van der Waals surface area contributed by atoms with Crippen LogP contribution >= 0.6 is 23.2 Å². The molecule has 1 N–H and O–H groups in total. The van der Waals surface area contributed by atoms with Crippen LogP contribution in [0.1, 0.15) is 37.8 Å². The molecule has 1 saturated carbocycles. The zero-order chi connectivity index (χ0) is 18.8. The van der Waals surface area contributed by atoms with Crippen molar-refractivity contribution in [2.75, 3.05) is 5.32 Å². The highest BCUT2D eigenvalue weighted by Crippen LogP contribution is 2.27. The Morgan fingerprint density at radius 3 is 2.56 bits per heavy atom. The van der Waals surface area contributed by atoms with E-state index in [2.05, 4.69) is 15.4 Å². The molecular formula is C20H21Cl2N5. The van der Waals surface area contributed by atoms with Crippen molar-refractivity contribution >= 4 is 29.2 Å². The number of anilines is 1. The number of rotatable bonds is 4. The van der Waals surface area contributed by atoms with E-state index in [1.807, 2.05) is 36.0 Å². The molecule has 4 rings (SSSR count). The van der Waals surface area contributed by atoms with E-state index in [4.69, 9.17) is 28.2 Å². The molecule has 0 atom stereocenters. The summed E-state index contributed by atoms with van der Waals surface area (Å²) in [5.74, 6) is 0.678. The topological polar surface area (TPSA) is 55.6 Å². The van der Waals surface area contributed by atoms with Crippen LogP contribution in [0.4, 0.5) is 5.95 Å². The van der Waals surface area contributed by atoms with Crippen LogP contribution in [-0.2, 0) is 0 Å². The summed E-state index contributed by atoms with van der Waals surface area (Å²) in [5.41, 5.74) is 3.60. The third kappa shape index (κ3) is 4.09. The van der Waals surface area contributed by atoms with E-state index >= 15 is 0 Å². The lowest BCUT2D eigenvalue weighted by molar-refractivity contribution is 0.461. The Labute approximate surface area is 168 Å². The van der Waals surface area contributed by atoms with Crippen molar-refractivity contribution in [2.45, 2.75) is 45.1 Å². The first-order valence-electron chi connectivity index (χ1n) is 9.21. The van der Waals surface area contributed by atoms with Crippen LogP contribution in [0.15, 0.2) is 36.7 Å². The molecule has 7 heteroatoms. The van der Waals surface area contributed by atoms with Crippen LogP contribution < -0.4 is 5.32 Å². The molecule has 1 aromatic carbocycles. The van der Waals surface area contributed by atoms with Gasteiger partial charge < -0.3 is 5.32 Å². The normalized spacial score (nSPS) is 15.1. The first kappa shape index (κ1) is 18.3. The highest BCUT2D eigenvalue weighted by molar-refractivity contribution is 6.34. The Kier molecular flexibility index (Phi) is 5.32. The molecule has 2 heterocycles. The molecule has 2 aromatic heterocycles. The van der Waals surface area contributed by atoms with Crippen LogP contribution in [0.25, 0.3) is 16.9 Å². The average molecular weight is 402 g/mol. The van der Waals surface area contributed by atoms with E-state index in [1.165, 1.54) is 32.1 Å². The van der Waals surface area contributed by atoms with E-state index < -0.39 is 0 Å². The summed E-state index contributed by atoms with van der Waals surface area (Å²) in [6.07, 6.45) is 9.83. The molecule has 3 aromatic rings. The molecule has 140 valence electrons. The van der Waals surface area contributed by atoms with Gasteiger partial charge in [0.2, 0.25) is 5.95 Å². The van der Waals surface area contributed by atoms with Crippen molar-refractivity contribution < 1.29 is 0 Å². The second-order valence-corrected chi connectivity index (χ2v) is 7.80. The van der Waals surface area contributed by atoms with Gasteiger partial charge in [-0.2, -0.15) is 5.10 Å². The summed E-state index contributed by atoms with van der Waals surface area (Å²) in [4.78, 5) is 9.10. The minimum atomic E-state index is 0.464. The molecule has 1 aliphatic rings. The molecule has 5 nitrogen and oxygen atoms in total. The molecule has 0 unspecified atom stereocenters. The maximum Gasteiger partial charge on any atom is 0.223 e. The number of aromatic nitrogens is 4. The number of halogens is 2.